The van der Waals surface area contributed by atoms with Crippen LogP contribution in [0.25, 0.3) is 0 Å². The summed E-state index contributed by atoms with van der Waals surface area (Å²) in [6.45, 7) is 2.86. The second-order valence-electron chi connectivity index (χ2n) is 11.3. The van der Waals surface area contributed by atoms with Gasteiger partial charge < -0.3 is 20.4 Å². The summed E-state index contributed by atoms with van der Waals surface area (Å²) < 4.78 is 0. The van der Waals surface area contributed by atoms with E-state index in [1.54, 1.807) is 23.1 Å². The normalized spacial score (nSPS) is 13.2. The lowest BCUT2D eigenvalue weighted by molar-refractivity contribution is -0.119. The minimum absolute atomic E-state index is 0.0952. The number of nitrogens with zero attached hydrogens (tertiary/aromatic N) is 1. The molecule has 0 radical (unpaired) electrons. The van der Waals surface area contributed by atoms with E-state index in [1.807, 2.05) is 12.1 Å². The van der Waals surface area contributed by atoms with Crippen LogP contribution in [0.2, 0.25) is 0 Å². The molecule has 7 heteroatoms. The molecule has 222 valence electrons. The van der Waals surface area contributed by atoms with Crippen molar-refractivity contribution in [2.75, 3.05) is 4.90 Å². The summed E-state index contributed by atoms with van der Waals surface area (Å²) in [6, 6.07) is 19.7. The van der Waals surface area contributed by atoms with E-state index in [0.29, 0.717) is 30.1 Å². The van der Waals surface area contributed by atoms with E-state index in [-0.39, 0.29) is 29.7 Å². The molecule has 0 aliphatic heterocycles. The first-order valence-corrected chi connectivity index (χ1v) is 15.2. The molecule has 0 aromatic heterocycles. The molecular weight excluding hydrogens is 528 g/mol. The van der Waals surface area contributed by atoms with Gasteiger partial charge >= 0.3 is 5.97 Å². The van der Waals surface area contributed by atoms with Crippen molar-refractivity contribution in [3.8, 4) is 5.75 Å². The number of unbranched alkanes of at least 4 members (excludes halogenated alkanes) is 2. The molecule has 0 spiro atoms. The number of carbonyl (C=O) groups is 3. The summed E-state index contributed by atoms with van der Waals surface area (Å²) in [4.78, 5) is 39.4. The Hall–Kier alpha value is -4.13. The molecule has 2 amide bonds. The lowest BCUT2D eigenvalue weighted by atomic mass is 10.0. The number of hydrogen-bond acceptors (Lipinski definition) is 4. The van der Waals surface area contributed by atoms with Crippen LogP contribution in [0.3, 0.4) is 0 Å². The minimum atomic E-state index is -1.26. The van der Waals surface area contributed by atoms with Crippen LogP contribution >= 0.6 is 0 Å². The summed E-state index contributed by atoms with van der Waals surface area (Å²) in [5.74, 6) is -1.33. The maximum absolute atomic E-state index is 13.4. The monoisotopic (exact) mass is 570 g/mol. The van der Waals surface area contributed by atoms with E-state index in [0.717, 1.165) is 36.8 Å². The number of anilines is 1. The molecule has 7 nitrogen and oxygen atoms in total. The molecule has 4 rings (SSSR count). The third kappa shape index (κ3) is 8.68. The molecule has 1 aliphatic rings. The number of carboxylic acid groups (broad SMARTS) is 1. The zero-order valence-electron chi connectivity index (χ0n) is 24.5. The van der Waals surface area contributed by atoms with Crippen LogP contribution in [0, 0.1) is 5.92 Å². The fraction of sp³-hybridized carbons (Fsp3) is 0.400. The molecule has 1 fully saturated rings. The molecule has 1 saturated carbocycles. The number of amides is 2. The van der Waals surface area contributed by atoms with Gasteiger partial charge in [-0.25, -0.2) is 4.79 Å². The first kappa shape index (κ1) is 30.8. The lowest BCUT2D eigenvalue weighted by Gasteiger charge is -2.24. The number of hydrogen-bond donors (Lipinski definition) is 3. The second-order valence-corrected chi connectivity index (χ2v) is 11.3. The van der Waals surface area contributed by atoms with Crippen LogP contribution in [0.5, 0.6) is 5.75 Å². The highest BCUT2D eigenvalue weighted by atomic mass is 16.4. The van der Waals surface area contributed by atoms with Gasteiger partial charge in [-0.05, 0) is 72.2 Å². The number of aryl methyl sites for hydroxylation is 1. The molecule has 42 heavy (non-hydrogen) atoms. The fourth-order valence-corrected chi connectivity index (χ4v) is 5.58. The number of rotatable bonds is 14. The molecule has 0 unspecified atom stereocenters. The molecule has 0 atom stereocenters. The Bertz CT molecular complexity index is 1340. The third-order valence-corrected chi connectivity index (χ3v) is 8.17. The molecule has 3 N–H and O–H groups in total. The largest absolute Gasteiger partial charge is 0.507 e. The Morgan fingerprint density at radius 1 is 0.881 bits per heavy atom. The van der Waals surface area contributed by atoms with Gasteiger partial charge in [0.25, 0.3) is 5.91 Å². The number of benzene rings is 3. The van der Waals surface area contributed by atoms with Crippen molar-refractivity contribution in [3.63, 3.8) is 0 Å². The van der Waals surface area contributed by atoms with Crippen molar-refractivity contribution in [2.24, 2.45) is 5.92 Å². The fourth-order valence-electron chi connectivity index (χ4n) is 5.58. The van der Waals surface area contributed by atoms with Crippen LogP contribution in [0.15, 0.2) is 66.7 Å². The van der Waals surface area contributed by atoms with E-state index in [4.69, 9.17) is 0 Å². The SMILES string of the molecule is CCCCCc1ccc(CNC(=O)c2ccc(CN(C(=O)CCC3CCCC3)c3ccc(O)c(C(=O)O)c3)cc2)cc1. The highest BCUT2D eigenvalue weighted by molar-refractivity contribution is 5.97. The first-order valence-electron chi connectivity index (χ1n) is 15.2. The van der Waals surface area contributed by atoms with Gasteiger partial charge in [-0.1, -0.05) is 81.8 Å². The predicted molar refractivity (Wildman–Crippen MR) is 165 cm³/mol. The van der Waals surface area contributed by atoms with Crippen molar-refractivity contribution < 1.29 is 24.6 Å². The quantitative estimate of drug-likeness (QED) is 0.177. The van der Waals surface area contributed by atoms with Gasteiger partial charge in [-0.3, -0.25) is 9.59 Å². The lowest BCUT2D eigenvalue weighted by Crippen LogP contribution is -2.31. The predicted octanol–water partition coefficient (Wildman–Crippen LogP) is 7.26. The number of aromatic carboxylic acids is 1. The topological polar surface area (TPSA) is 107 Å². The number of nitrogens with one attached hydrogen (secondary N) is 1. The van der Waals surface area contributed by atoms with Crippen molar-refractivity contribution in [2.45, 2.75) is 84.2 Å². The Kier molecular flexibility index (Phi) is 11.2. The summed E-state index contributed by atoms with van der Waals surface area (Å²) in [5.41, 5.74) is 3.85. The maximum atomic E-state index is 13.4. The molecule has 0 heterocycles. The molecule has 3 aromatic carbocycles. The number of carbonyl (C=O) groups excluding carboxylic acids is 2. The number of carboxylic acids is 1. The second kappa shape index (κ2) is 15.2. The minimum Gasteiger partial charge on any atom is -0.507 e. The molecule has 0 bridgehead atoms. The summed E-state index contributed by atoms with van der Waals surface area (Å²) in [7, 11) is 0. The smallest absolute Gasteiger partial charge is 0.339 e. The Labute approximate surface area is 248 Å². The standard InChI is InChI=1S/C35H42N2O5/c1-2-3-4-7-26-10-12-27(13-11-26)23-36-34(40)29-17-14-28(15-18-29)24-37(33(39)21-16-25-8-5-6-9-25)30-19-20-32(38)31(22-30)35(41)42/h10-15,17-20,22,25,38H,2-9,16,21,23-24H2,1H3,(H,36,40)(H,41,42). The van der Waals surface area contributed by atoms with Gasteiger partial charge in [0, 0.05) is 24.2 Å². The summed E-state index contributed by atoms with van der Waals surface area (Å²) in [6.07, 6.45) is 10.6. The van der Waals surface area contributed by atoms with Crippen molar-refractivity contribution in [1.29, 1.82) is 0 Å². The zero-order valence-corrected chi connectivity index (χ0v) is 24.5. The molecular formula is C35H42N2O5. The average molecular weight is 571 g/mol. The van der Waals surface area contributed by atoms with Crippen LogP contribution in [-0.2, 0) is 24.3 Å². The van der Waals surface area contributed by atoms with E-state index in [2.05, 4.69) is 36.5 Å². The van der Waals surface area contributed by atoms with Crippen LogP contribution in [-0.4, -0.2) is 28.0 Å². The van der Waals surface area contributed by atoms with Gasteiger partial charge in [0.05, 0.1) is 6.54 Å². The number of aromatic hydroxyl groups is 1. The number of phenols is 1. The van der Waals surface area contributed by atoms with Crippen LogP contribution in [0.1, 0.15) is 102 Å². The van der Waals surface area contributed by atoms with Gasteiger partial charge in [0.1, 0.15) is 11.3 Å². The van der Waals surface area contributed by atoms with Gasteiger partial charge in [-0.2, -0.15) is 0 Å². The summed E-state index contributed by atoms with van der Waals surface area (Å²) in [5, 5.41) is 22.5. The van der Waals surface area contributed by atoms with Crippen molar-refractivity contribution >= 4 is 23.5 Å². The molecule has 0 saturated heterocycles. The van der Waals surface area contributed by atoms with Gasteiger partial charge in [-0.15, -0.1) is 0 Å². The highest BCUT2D eigenvalue weighted by Crippen LogP contribution is 2.30. The average Bonchev–Trinajstić information content (AvgIpc) is 3.53. The summed E-state index contributed by atoms with van der Waals surface area (Å²) >= 11 is 0. The van der Waals surface area contributed by atoms with Crippen LogP contribution < -0.4 is 10.2 Å². The van der Waals surface area contributed by atoms with Gasteiger partial charge in [0.15, 0.2) is 0 Å². The zero-order chi connectivity index (χ0) is 29.9. The van der Waals surface area contributed by atoms with Crippen LogP contribution in [0.4, 0.5) is 5.69 Å². The third-order valence-electron chi connectivity index (χ3n) is 8.17. The highest BCUT2D eigenvalue weighted by Gasteiger charge is 2.22. The maximum Gasteiger partial charge on any atom is 0.339 e. The van der Waals surface area contributed by atoms with E-state index in [9.17, 15) is 24.6 Å². The van der Waals surface area contributed by atoms with E-state index >= 15 is 0 Å². The Morgan fingerprint density at radius 2 is 1.55 bits per heavy atom. The first-order chi connectivity index (χ1) is 20.3. The van der Waals surface area contributed by atoms with E-state index < -0.39 is 5.97 Å². The van der Waals surface area contributed by atoms with Crippen molar-refractivity contribution in [3.05, 3.63) is 94.5 Å². The molecule has 3 aromatic rings. The Balaban J connectivity index is 1.40. The van der Waals surface area contributed by atoms with Crippen molar-refractivity contribution in [1.82, 2.24) is 5.32 Å². The molecule has 1 aliphatic carbocycles. The Morgan fingerprint density at radius 3 is 2.21 bits per heavy atom. The van der Waals surface area contributed by atoms with E-state index in [1.165, 1.54) is 49.8 Å². The van der Waals surface area contributed by atoms with Gasteiger partial charge in [0.2, 0.25) is 5.91 Å².